The van der Waals surface area contributed by atoms with Crippen molar-refractivity contribution < 1.29 is 0 Å². The van der Waals surface area contributed by atoms with E-state index in [2.05, 4.69) is 31.3 Å². The summed E-state index contributed by atoms with van der Waals surface area (Å²) in [6.07, 6.45) is 7.68. The van der Waals surface area contributed by atoms with Crippen molar-refractivity contribution in [2.75, 3.05) is 18.0 Å². The Labute approximate surface area is 118 Å². The Kier molecular flexibility index (Phi) is 3.92. The molecule has 6 heteroatoms. The Morgan fingerprint density at radius 1 is 1.20 bits per heavy atom. The average Bonchev–Trinajstić information content (AvgIpc) is 2.92. The lowest BCUT2D eigenvalue weighted by molar-refractivity contribution is 0.406. The van der Waals surface area contributed by atoms with Crippen molar-refractivity contribution in [1.82, 2.24) is 25.1 Å². The van der Waals surface area contributed by atoms with Gasteiger partial charge in [-0.2, -0.15) is 5.10 Å². The molecule has 20 heavy (non-hydrogen) atoms. The number of nitrogens with zero attached hydrogens (tertiary/aromatic N) is 5. The lowest BCUT2D eigenvalue weighted by atomic mass is 10.1. The fourth-order valence-electron chi connectivity index (χ4n) is 2.56. The van der Waals surface area contributed by atoms with Crippen molar-refractivity contribution in [3.63, 3.8) is 0 Å². The maximum atomic E-state index is 4.31. The molecule has 1 aliphatic heterocycles. The molecule has 106 valence electrons. The molecule has 0 atom stereocenters. The second-order valence-electron chi connectivity index (χ2n) is 5.14. The molecule has 0 saturated carbocycles. The molecule has 0 spiro atoms. The molecule has 6 nitrogen and oxygen atoms in total. The quantitative estimate of drug-likeness (QED) is 0.898. The van der Waals surface area contributed by atoms with E-state index in [0.717, 1.165) is 38.4 Å². The number of rotatable bonds is 4. The Balaban J connectivity index is 1.48. The highest BCUT2D eigenvalue weighted by molar-refractivity contribution is 5.29. The monoisotopic (exact) mass is 272 g/mol. The topological polar surface area (TPSA) is 58.9 Å². The number of nitrogens with one attached hydrogen (secondary N) is 1. The van der Waals surface area contributed by atoms with E-state index in [4.69, 9.17) is 0 Å². The summed E-state index contributed by atoms with van der Waals surface area (Å²) in [7, 11) is 1.98. The molecule has 0 amide bonds. The number of aryl methyl sites for hydroxylation is 1. The molecule has 1 aliphatic rings. The lowest BCUT2D eigenvalue weighted by Crippen LogP contribution is -2.43. The highest BCUT2D eigenvalue weighted by Crippen LogP contribution is 2.15. The SMILES string of the molecule is Cn1nccc1CNC1CCN(c2ncccn2)CC1. The van der Waals surface area contributed by atoms with E-state index in [1.165, 1.54) is 5.69 Å². The van der Waals surface area contributed by atoms with E-state index < -0.39 is 0 Å². The van der Waals surface area contributed by atoms with Gasteiger partial charge in [-0.05, 0) is 25.0 Å². The Morgan fingerprint density at radius 2 is 1.95 bits per heavy atom. The third-order valence-electron chi connectivity index (χ3n) is 3.82. The van der Waals surface area contributed by atoms with Gasteiger partial charge in [0.15, 0.2) is 0 Å². The van der Waals surface area contributed by atoms with Crippen LogP contribution in [0.4, 0.5) is 5.95 Å². The molecule has 0 aromatic carbocycles. The second-order valence-corrected chi connectivity index (χ2v) is 5.14. The minimum absolute atomic E-state index is 0.560. The van der Waals surface area contributed by atoms with Crippen LogP contribution >= 0.6 is 0 Å². The summed E-state index contributed by atoms with van der Waals surface area (Å²) in [4.78, 5) is 10.9. The standard InChI is InChI=1S/C14H20N6/c1-19-13(3-8-18-19)11-17-12-4-9-20(10-5-12)14-15-6-2-7-16-14/h2-3,6-8,12,17H,4-5,9-11H2,1H3. The van der Waals surface area contributed by atoms with Crippen molar-refractivity contribution in [2.45, 2.75) is 25.4 Å². The van der Waals surface area contributed by atoms with Crippen LogP contribution in [0.25, 0.3) is 0 Å². The molecule has 1 saturated heterocycles. The average molecular weight is 272 g/mol. The number of hydrogen-bond acceptors (Lipinski definition) is 5. The molecular weight excluding hydrogens is 252 g/mol. The van der Waals surface area contributed by atoms with Crippen LogP contribution in [0, 0.1) is 0 Å². The molecule has 3 heterocycles. The van der Waals surface area contributed by atoms with Crippen LogP contribution in [-0.4, -0.2) is 38.9 Å². The zero-order chi connectivity index (χ0) is 13.8. The largest absolute Gasteiger partial charge is 0.341 e. The smallest absolute Gasteiger partial charge is 0.225 e. The van der Waals surface area contributed by atoms with Crippen LogP contribution in [0.2, 0.25) is 0 Å². The van der Waals surface area contributed by atoms with Gasteiger partial charge in [0.25, 0.3) is 0 Å². The fourth-order valence-corrected chi connectivity index (χ4v) is 2.56. The molecule has 3 rings (SSSR count). The van der Waals surface area contributed by atoms with Gasteiger partial charge in [0.05, 0.1) is 5.69 Å². The third-order valence-corrected chi connectivity index (χ3v) is 3.82. The number of aromatic nitrogens is 4. The predicted octanol–water partition coefficient (Wildman–Crippen LogP) is 0.969. The number of piperidine rings is 1. The zero-order valence-corrected chi connectivity index (χ0v) is 11.7. The third kappa shape index (κ3) is 2.96. The second kappa shape index (κ2) is 6.00. The summed E-state index contributed by atoms with van der Waals surface area (Å²) in [6.45, 7) is 2.89. The summed E-state index contributed by atoms with van der Waals surface area (Å²) in [5.74, 6) is 0.845. The van der Waals surface area contributed by atoms with E-state index in [1.807, 2.05) is 24.0 Å². The van der Waals surface area contributed by atoms with Gasteiger partial charge in [0, 0.05) is 51.3 Å². The number of anilines is 1. The van der Waals surface area contributed by atoms with E-state index in [9.17, 15) is 0 Å². The molecule has 1 N–H and O–H groups in total. The van der Waals surface area contributed by atoms with Crippen LogP contribution in [-0.2, 0) is 13.6 Å². The summed E-state index contributed by atoms with van der Waals surface area (Å²) in [6, 6.07) is 4.47. The Hall–Kier alpha value is -1.95. The first-order valence-corrected chi connectivity index (χ1v) is 7.05. The van der Waals surface area contributed by atoms with Crippen LogP contribution in [0.1, 0.15) is 18.5 Å². The molecule has 2 aromatic rings. The highest BCUT2D eigenvalue weighted by Gasteiger charge is 2.20. The molecule has 0 bridgehead atoms. The first-order valence-electron chi connectivity index (χ1n) is 7.05. The Bertz CT molecular complexity index is 530. The first kappa shape index (κ1) is 13.1. The van der Waals surface area contributed by atoms with Gasteiger partial charge in [0.1, 0.15) is 0 Å². The minimum Gasteiger partial charge on any atom is -0.341 e. The first-order chi connectivity index (χ1) is 9.83. The molecule has 0 radical (unpaired) electrons. The molecule has 2 aromatic heterocycles. The van der Waals surface area contributed by atoms with Crippen molar-refractivity contribution in [3.05, 3.63) is 36.4 Å². The molecule has 0 aliphatic carbocycles. The summed E-state index contributed by atoms with van der Waals surface area (Å²) >= 11 is 0. The van der Waals surface area contributed by atoms with Crippen LogP contribution in [0.15, 0.2) is 30.7 Å². The van der Waals surface area contributed by atoms with Crippen molar-refractivity contribution in [2.24, 2.45) is 7.05 Å². The Morgan fingerprint density at radius 3 is 2.60 bits per heavy atom. The minimum atomic E-state index is 0.560. The van der Waals surface area contributed by atoms with E-state index in [1.54, 1.807) is 12.4 Å². The predicted molar refractivity (Wildman–Crippen MR) is 77.3 cm³/mol. The van der Waals surface area contributed by atoms with Crippen LogP contribution in [0.3, 0.4) is 0 Å². The fraction of sp³-hybridized carbons (Fsp3) is 0.500. The van der Waals surface area contributed by atoms with Crippen molar-refractivity contribution in [1.29, 1.82) is 0 Å². The van der Waals surface area contributed by atoms with Crippen molar-refractivity contribution in [3.8, 4) is 0 Å². The normalized spacial score (nSPS) is 16.6. The van der Waals surface area contributed by atoms with Gasteiger partial charge in [-0.3, -0.25) is 4.68 Å². The van der Waals surface area contributed by atoms with Gasteiger partial charge in [0.2, 0.25) is 5.95 Å². The summed E-state index contributed by atoms with van der Waals surface area (Å²) in [5.41, 5.74) is 1.22. The van der Waals surface area contributed by atoms with Gasteiger partial charge in [-0.1, -0.05) is 0 Å². The van der Waals surface area contributed by atoms with E-state index >= 15 is 0 Å². The maximum Gasteiger partial charge on any atom is 0.225 e. The number of hydrogen-bond donors (Lipinski definition) is 1. The zero-order valence-electron chi connectivity index (χ0n) is 11.7. The lowest BCUT2D eigenvalue weighted by Gasteiger charge is -2.32. The van der Waals surface area contributed by atoms with Crippen molar-refractivity contribution >= 4 is 5.95 Å². The highest BCUT2D eigenvalue weighted by atomic mass is 15.3. The van der Waals surface area contributed by atoms with Crippen LogP contribution < -0.4 is 10.2 Å². The van der Waals surface area contributed by atoms with Gasteiger partial charge in [-0.25, -0.2) is 9.97 Å². The van der Waals surface area contributed by atoms with Gasteiger partial charge >= 0.3 is 0 Å². The van der Waals surface area contributed by atoms with Gasteiger partial charge < -0.3 is 10.2 Å². The van der Waals surface area contributed by atoms with Crippen LogP contribution in [0.5, 0.6) is 0 Å². The molecule has 1 fully saturated rings. The van der Waals surface area contributed by atoms with E-state index in [-0.39, 0.29) is 0 Å². The van der Waals surface area contributed by atoms with E-state index in [0.29, 0.717) is 6.04 Å². The summed E-state index contributed by atoms with van der Waals surface area (Å²) in [5, 5.41) is 7.79. The molecular formula is C14H20N6. The maximum absolute atomic E-state index is 4.31. The van der Waals surface area contributed by atoms with Gasteiger partial charge in [-0.15, -0.1) is 0 Å². The molecule has 0 unspecified atom stereocenters. The summed E-state index contributed by atoms with van der Waals surface area (Å²) < 4.78 is 1.92.